The largest absolute Gasteiger partial charge is 0.497 e. The van der Waals surface area contributed by atoms with Crippen molar-refractivity contribution in [3.63, 3.8) is 0 Å². The first-order valence-electron chi connectivity index (χ1n) is 8.90. The number of carbonyl (C=O) groups is 1. The predicted octanol–water partition coefficient (Wildman–Crippen LogP) is 3.77. The summed E-state index contributed by atoms with van der Waals surface area (Å²) in [6.07, 6.45) is 4.11. The van der Waals surface area contributed by atoms with Crippen molar-refractivity contribution in [2.24, 2.45) is 0 Å². The SMILES string of the molecule is COc1cccc(CCNC2CCc3c(cccc3NC(C)=O)C2)c1.Cl. The maximum absolute atomic E-state index is 11.4. The van der Waals surface area contributed by atoms with Gasteiger partial charge in [-0.05, 0) is 67.1 Å². The van der Waals surface area contributed by atoms with E-state index in [0.717, 1.165) is 43.7 Å². The van der Waals surface area contributed by atoms with Gasteiger partial charge in [-0.1, -0.05) is 24.3 Å². The zero-order valence-electron chi connectivity index (χ0n) is 15.4. The van der Waals surface area contributed by atoms with Crippen LogP contribution >= 0.6 is 12.4 Å². The third-order valence-electron chi connectivity index (χ3n) is 4.77. The number of fused-ring (bicyclic) bond motifs is 1. The highest BCUT2D eigenvalue weighted by Gasteiger charge is 2.20. The van der Waals surface area contributed by atoms with Gasteiger partial charge in [-0.3, -0.25) is 4.79 Å². The summed E-state index contributed by atoms with van der Waals surface area (Å²) >= 11 is 0. The van der Waals surface area contributed by atoms with Crippen LogP contribution in [-0.2, 0) is 24.1 Å². The van der Waals surface area contributed by atoms with Gasteiger partial charge < -0.3 is 15.4 Å². The Morgan fingerprint density at radius 2 is 2.04 bits per heavy atom. The molecule has 0 aliphatic heterocycles. The number of nitrogens with one attached hydrogen (secondary N) is 2. The minimum atomic E-state index is -0.00747. The van der Waals surface area contributed by atoms with Gasteiger partial charge in [0.2, 0.25) is 5.91 Å². The highest BCUT2D eigenvalue weighted by Crippen LogP contribution is 2.28. The molecule has 1 unspecified atom stereocenters. The molecule has 3 rings (SSSR count). The molecule has 0 saturated carbocycles. The lowest BCUT2D eigenvalue weighted by molar-refractivity contribution is -0.114. The molecule has 0 radical (unpaired) electrons. The Morgan fingerprint density at radius 1 is 1.23 bits per heavy atom. The van der Waals surface area contributed by atoms with Crippen molar-refractivity contribution in [2.75, 3.05) is 19.0 Å². The molecule has 5 heteroatoms. The van der Waals surface area contributed by atoms with E-state index < -0.39 is 0 Å². The van der Waals surface area contributed by atoms with Crippen LogP contribution in [0.5, 0.6) is 5.75 Å². The van der Waals surface area contributed by atoms with E-state index in [1.807, 2.05) is 24.3 Å². The molecule has 140 valence electrons. The number of anilines is 1. The van der Waals surface area contributed by atoms with E-state index >= 15 is 0 Å². The van der Waals surface area contributed by atoms with Crippen LogP contribution in [0.2, 0.25) is 0 Å². The summed E-state index contributed by atoms with van der Waals surface area (Å²) in [6.45, 7) is 2.52. The molecule has 26 heavy (non-hydrogen) atoms. The lowest BCUT2D eigenvalue weighted by Crippen LogP contribution is -2.36. The highest BCUT2D eigenvalue weighted by atomic mass is 35.5. The van der Waals surface area contributed by atoms with E-state index in [-0.39, 0.29) is 18.3 Å². The predicted molar refractivity (Wildman–Crippen MR) is 109 cm³/mol. The van der Waals surface area contributed by atoms with Crippen LogP contribution in [0.1, 0.15) is 30.0 Å². The van der Waals surface area contributed by atoms with Gasteiger partial charge in [0.25, 0.3) is 0 Å². The van der Waals surface area contributed by atoms with Crippen LogP contribution in [0.3, 0.4) is 0 Å². The number of halogens is 1. The molecule has 1 aliphatic rings. The molecule has 2 N–H and O–H groups in total. The van der Waals surface area contributed by atoms with Gasteiger partial charge >= 0.3 is 0 Å². The summed E-state index contributed by atoms with van der Waals surface area (Å²) in [7, 11) is 1.70. The maximum atomic E-state index is 11.4. The molecule has 2 aromatic rings. The summed E-state index contributed by atoms with van der Waals surface area (Å²) in [6, 6.07) is 14.9. The number of methoxy groups -OCH3 is 1. The second-order valence-corrected chi connectivity index (χ2v) is 6.62. The van der Waals surface area contributed by atoms with E-state index in [2.05, 4.69) is 28.8 Å². The van der Waals surface area contributed by atoms with E-state index in [9.17, 15) is 4.79 Å². The summed E-state index contributed by atoms with van der Waals surface area (Å²) in [5, 5.41) is 6.63. The molecule has 0 saturated heterocycles. The Kier molecular flexibility index (Phi) is 7.49. The Bertz CT molecular complexity index is 749. The van der Waals surface area contributed by atoms with Crippen molar-refractivity contribution in [3.05, 3.63) is 59.2 Å². The molecule has 4 nitrogen and oxygen atoms in total. The topological polar surface area (TPSA) is 50.4 Å². The maximum Gasteiger partial charge on any atom is 0.221 e. The molecular formula is C21H27ClN2O2. The van der Waals surface area contributed by atoms with Crippen LogP contribution in [0.15, 0.2) is 42.5 Å². The number of rotatable bonds is 6. The number of carbonyl (C=O) groups excluding carboxylic acids is 1. The van der Waals surface area contributed by atoms with Gasteiger partial charge in [0.05, 0.1) is 7.11 Å². The van der Waals surface area contributed by atoms with Crippen LogP contribution in [0.25, 0.3) is 0 Å². The lowest BCUT2D eigenvalue weighted by atomic mass is 9.87. The Balaban J connectivity index is 0.00000243. The highest BCUT2D eigenvalue weighted by molar-refractivity contribution is 5.89. The minimum absolute atomic E-state index is 0. The Hall–Kier alpha value is -2.04. The summed E-state index contributed by atoms with van der Waals surface area (Å²) in [5.41, 5.74) is 4.90. The molecule has 0 heterocycles. The average Bonchev–Trinajstić information content (AvgIpc) is 2.61. The number of hydrogen-bond donors (Lipinski definition) is 2. The zero-order chi connectivity index (χ0) is 17.6. The van der Waals surface area contributed by atoms with Crippen molar-refractivity contribution in [1.29, 1.82) is 0 Å². The van der Waals surface area contributed by atoms with Crippen LogP contribution in [-0.4, -0.2) is 25.6 Å². The molecule has 0 fully saturated rings. The normalized spacial score (nSPS) is 15.5. The van der Waals surface area contributed by atoms with Crippen LogP contribution in [0, 0.1) is 0 Å². The standard InChI is InChI=1S/C21H26N2O2.ClH/c1-15(24)23-21-8-4-6-17-14-18(9-10-20(17)21)22-12-11-16-5-3-7-19(13-16)25-2;/h3-8,13,18,22H,9-12,14H2,1-2H3,(H,23,24);1H. The first-order chi connectivity index (χ1) is 12.2. The van der Waals surface area contributed by atoms with Gasteiger partial charge in [-0.2, -0.15) is 0 Å². The van der Waals surface area contributed by atoms with Crippen molar-refractivity contribution in [1.82, 2.24) is 5.32 Å². The van der Waals surface area contributed by atoms with Gasteiger partial charge in [-0.25, -0.2) is 0 Å². The van der Waals surface area contributed by atoms with Crippen LogP contribution in [0.4, 0.5) is 5.69 Å². The summed E-state index contributed by atoms with van der Waals surface area (Å²) in [4.78, 5) is 11.4. The van der Waals surface area contributed by atoms with Gasteiger partial charge in [0, 0.05) is 18.7 Å². The fraction of sp³-hybridized carbons (Fsp3) is 0.381. The molecule has 2 aromatic carbocycles. The van der Waals surface area contributed by atoms with E-state index in [0.29, 0.717) is 6.04 Å². The van der Waals surface area contributed by atoms with Crippen molar-refractivity contribution in [2.45, 2.75) is 38.6 Å². The smallest absolute Gasteiger partial charge is 0.221 e. The second kappa shape index (κ2) is 9.60. The molecule has 0 spiro atoms. The number of benzene rings is 2. The first kappa shape index (κ1) is 20.3. The van der Waals surface area contributed by atoms with Gasteiger partial charge in [-0.15, -0.1) is 12.4 Å². The second-order valence-electron chi connectivity index (χ2n) is 6.62. The van der Waals surface area contributed by atoms with E-state index in [1.54, 1.807) is 14.0 Å². The summed E-state index contributed by atoms with van der Waals surface area (Å²) in [5.74, 6) is 0.904. The zero-order valence-corrected chi connectivity index (χ0v) is 16.2. The average molecular weight is 375 g/mol. The molecule has 0 bridgehead atoms. The van der Waals surface area contributed by atoms with Crippen molar-refractivity contribution in [3.8, 4) is 5.75 Å². The molecular weight excluding hydrogens is 348 g/mol. The number of hydrogen-bond acceptors (Lipinski definition) is 3. The third-order valence-corrected chi connectivity index (χ3v) is 4.77. The molecule has 0 aromatic heterocycles. The Morgan fingerprint density at radius 3 is 2.81 bits per heavy atom. The van der Waals surface area contributed by atoms with Crippen LogP contribution < -0.4 is 15.4 Å². The van der Waals surface area contributed by atoms with Crippen molar-refractivity contribution >= 4 is 24.0 Å². The number of amides is 1. The van der Waals surface area contributed by atoms with Crippen molar-refractivity contribution < 1.29 is 9.53 Å². The van der Waals surface area contributed by atoms with Gasteiger partial charge in [0.1, 0.15) is 5.75 Å². The third kappa shape index (κ3) is 5.23. The molecule has 1 atom stereocenters. The fourth-order valence-electron chi connectivity index (χ4n) is 3.54. The molecule has 1 amide bonds. The monoisotopic (exact) mass is 374 g/mol. The van der Waals surface area contributed by atoms with E-state index in [1.165, 1.54) is 16.7 Å². The minimum Gasteiger partial charge on any atom is -0.497 e. The fourth-order valence-corrected chi connectivity index (χ4v) is 3.54. The van der Waals surface area contributed by atoms with E-state index in [4.69, 9.17) is 4.74 Å². The molecule has 1 aliphatic carbocycles. The Labute approximate surface area is 161 Å². The first-order valence-corrected chi connectivity index (χ1v) is 8.90. The summed E-state index contributed by atoms with van der Waals surface area (Å²) < 4.78 is 5.28. The number of ether oxygens (including phenoxy) is 1. The lowest BCUT2D eigenvalue weighted by Gasteiger charge is -2.27. The van der Waals surface area contributed by atoms with Gasteiger partial charge in [0.15, 0.2) is 0 Å². The quantitative estimate of drug-likeness (QED) is 0.809.